The number of nitrogens with zero attached hydrogens (tertiary/aromatic N) is 2. The number of aliphatic hydroxyl groups excluding tert-OH is 1. The van der Waals surface area contributed by atoms with Crippen molar-refractivity contribution < 1.29 is 19.4 Å². The molecule has 1 aromatic carbocycles. The third kappa shape index (κ3) is 4.22. The molecule has 0 spiro atoms. The highest BCUT2D eigenvalue weighted by atomic mass is 32.1. The highest BCUT2D eigenvalue weighted by Crippen LogP contribution is 2.40. The molecule has 0 aliphatic carbocycles. The second kappa shape index (κ2) is 8.73. The smallest absolute Gasteiger partial charge is 0.295 e. The van der Waals surface area contributed by atoms with Crippen molar-refractivity contribution in [3.8, 4) is 5.75 Å². The first kappa shape index (κ1) is 20.8. The Morgan fingerprint density at radius 3 is 2.71 bits per heavy atom. The summed E-state index contributed by atoms with van der Waals surface area (Å²) in [5.41, 5.74) is 1.13. The number of aliphatic hydroxyl groups is 1. The largest absolute Gasteiger partial charge is 0.507 e. The van der Waals surface area contributed by atoms with E-state index in [2.05, 4.69) is 4.98 Å². The Kier molecular flexibility index (Phi) is 5.86. The van der Waals surface area contributed by atoms with E-state index in [4.69, 9.17) is 4.74 Å². The number of hydrogen-bond acceptors (Lipinski definition) is 6. The van der Waals surface area contributed by atoms with Crippen LogP contribution in [0.25, 0.3) is 5.76 Å². The van der Waals surface area contributed by atoms with Crippen molar-refractivity contribution in [1.82, 2.24) is 9.88 Å². The normalized spacial score (nSPS) is 18.0. The molecule has 1 fully saturated rings. The average Bonchev–Trinajstić information content (AvgIpc) is 3.36. The zero-order chi connectivity index (χ0) is 22.0. The van der Waals surface area contributed by atoms with Gasteiger partial charge in [0.2, 0.25) is 0 Å². The molecule has 1 saturated heterocycles. The van der Waals surface area contributed by atoms with Crippen LogP contribution in [0.2, 0.25) is 0 Å². The number of carbonyl (C=O) groups is 2. The lowest BCUT2D eigenvalue weighted by Crippen LogP contribution is -2.28. The first-order chi connectivity index (χ1) is 15.0. The predicted octanol–water partition coefficient (Wildman–Crippen LogP) is 4.55. The second-order valence-electron chi connectivity index (χ2n) is 7.49. The van der Waals surface area contributed by atoms with Crippen molar-refractivity contribution in [1.29, 1.82) is 0 Å². The third-order valence-electron chi connectivity index (χ3n) is 4.93. The van der Waals surface area contributed by atoms with E-state index in [0.717, 1.165) is 4.88 Å². The van der Waals surface area contributed by atoms with Crippen LogP contribution in [0.15, 0.2) is 71.9 Å². The number of carbonyl (C=O) groups excluding carboxylic acids is 2. The fourth-order valence-corrected chi connectivity index (χ4v) is 4.34. The minimum Gasteiger partial charge on any atom is -0.507 e. The van der Waals surface area contributed by atoms with Crippen molar-refractivity contribution in [2.45, 2.75) is 32.5 Å². The molecule has 0 saturated carbocycles. The first-order valence-electron chi connectivity index (χ1n) is 9.93. The molecule has 1 unspecified atom stereocenters. The molecule has 31 heavy (non-hydrogen) atoms. The lowest BCUT2D eigenvalue weighted by molar-refractivity contribution is -0.140. The molecule has 1 aliphatic rings. The van der Waals surface area contributed by atoms with E-state index < -0.39 is 17.7 Å². The highest BCUT2D eigenvalue weighted by molar-refractivity contribution is 7.09. The molecule has 3 heterocycles. The molecule has 2 aromatic heterocycles. The Labute approximate surface area is 184 Å². The van der Waals surface area contributed by atoms with Gasteiger partial charge < -0.3 is 14.7 Å². The maximum atomic E-state index is 13.0. The van der Waals surface area contributed by atoms with Gasteiger partial charge in [-0.05, 0) is 49.1 Å². The number of hydrogen-bond donors (Lipinski definition) is 1. The van der Waals surface area contributed by atoms with Gasteiger partial charge in [-0.25, -0.2) is 0 Å². The van der Waals surface area contributed by atoms with Gasteiger partial charge in [-0.2, -0.15) is 0 Å². The number of amides is 1. The number of thiophene rings is 1. The van der Waals surface area contributed by atoms with Crippen molar-refractivity contribution in [3.05, 3.63) is 87.9 Å². The van der Waals surface area contributed by atoms with E-state index in [0.29, 0.717) is 16.9 Å². The van der Waals surface area contributed by atoms with E-state index >= 15 is 0 Å². The third-order valence-corrected chi connectivity index (χ3v) is 5.79. The fourth-order valence-electron chi connectivity index (χ4n) is 3.64. The molecule has 1 atom stereocenters. The van der Waals surface area contributed by atoms with Gasteiger partial charge in [0.05, 0.1) is 24.3 Å². The van der Waals surface area contributed by atoms with Crippen LogP contribution in [-0.2, 0) is 16.1 Å². The number of ether oxygens (including phenoxy) is 1. The Bertz CT molecular complexity index is 1120. The lowest BCUT2D eigenvalue weighted by Gasteiger charge is -2.24. The van der Waals surface area contributed by atoms with Gasteiger partial charge in [0.25, 0.3) is 11.7 Å². The summed E-state index contributed by atoms with van der Waals surface area (Å²) in [5, 5.41) is 13.1. The van der Waals surface area contributed by atoms with E-state index in [9.17, 15) is 14.7 Å². The minimum absolute atomic E-state index is 0.0378. The van der Waals surface area contributed by atoms with Crippen LogP contribution in [0.4, 0.5) is 0 Å². The number of benzene rings is 1. The molecular weight excluding hydrogens is 412 g/mol. The predicted molar refractivity (Wildman–Crippen MR) is 119 cm³/mol. The topological polar surface area (TPSA) is 79.7 Å². The van der Waals surface area contributed by atoms with Crippen molar-refractivity contribution in [3.63, 3.8) is 0 Å². The van der Waals surface area contributed by atoms with Crippen LogP contribution in [-0.4, -0.2) is 32.8 Å². The average molecular weight is 435 g/mol. The van der Waals surface area contributed by atoms with E-state index in [-0.39, 0.29) is 24.0 Å². The molecule has 7 heteroatoms. The number of rotatable bonds is 6. The molecule has 4 rings (SSSR count). The zero-order valence-corrected chi connectivity index (χ0v) is 18.0. The molecule has 3 aromatic rings. The Morgan fingerprint density at radius 1 is 1.19 bits per heavy atom. The summed E-state index contributed by atoms with van der Waals surface area (Å²) in [6.45, 7) is 4.09. The SMILES string of the molecule is CC(C)Oc1cccc(/C(O)=C2/C(=O)C(=O)N(Cc3cccs3)C2c2cccnc2)c1. The lowest BCUT2D eigenvalue weighted by atomic mass is 9.96. The summed E-state index contributed by atoms with van der Waals surface area (Å²) in [4.78, 5) is 32.6. The number of ketones is 1. The zero-order valence-electron chi connectivity index (χ0n) is 17.2. The quantitative estimate of drug-likeness (QED) is 0.350. The second-order valence-corrected chi connectivity index (χ2v) is 8.52. The number of Topliss-reactive ketones (excluding diaryl/α,β-unsaturated/α-hetero) is 1. The molecular formula is C24H22N2O4S. The van der Waals surface area contributed by atoms with E-state index in [1.807, 2.05) is 31.4 Å². The van der Waals surface area contributed by atoms with Crippen LogP contribution in [0, 0.1) is 0 Å². The van der Waals surface area contributed by atoms with Crippen LogP contribution in [0.1, 0.15) is 35.9 Å². The molecule has 1 aliphatic heterocycles. The van der Waals surface area contributed by atoms with Crippen LogP contribution in [0.5, 0.6) is 5.75 Å². The number of likely N-dealkylation sites (tertiary alicyclic amines) is 1. The minimum atomic E-state index is -0.731. The molecule has 0 bridgehead atoms. The summed E-state index contributed by atoms with van der Waals surface area (Å²) < 4.78 is 5.71. The van der Waals surface area contributed by atoms with E-state index in [1.54, 1.807) is 48.8 Å². The van der Waals surface area contributed by atoms with Crippen LogP contribution < -0.4 is 4.74 Å². The van der Waals surface area contributed by atoms with Gasteiger partial charge in [0.1, 0.15) is 11.5 Å². The van der Waals surface area contributed by atoms with Gasteiger partial charge in [-0.3, -0.25) is 14.6 Å². The van der Waals surface area contributed by atoms with Crippen LogP contribution >= 0.6 is 11.3 Å². The summed E-state index contributed by atoms with van der Waals surface area (Å²) in [6, 6.07) is 13.5. The maximum absolute atomic E-state index is 13.0. The molecule has 0 radical (unpaired) electrons. The van der Waals surface area contributed by atoms with Gasteiger partial charge in [-0.15, -0.1) is 11.3 Å². The summed E-state index contributed by atoms with van der Waals surface area (Å²) in [6.07, 6.45) is 3.20. The molecule has 1 amide bonds. The Balaban J connectivity index is 1.82. The summed E-state index contributed by atoms with van der Waals surface area (Å²) >= 11 is 1.51. The molecule has 1 N–H and O–H groups in total. The van der Waals surface area contributed by atoms with Gasteiger partial charge in [-0.1, -0.05) is 24.3 Å². The van der Waals surface area contributed by atoms with Crippen molar-refractivity contribution in [2.24, 2.45) is 0 Å². The number of aromatic nitrogens is 1. The Morgan fingerprint density at radius 2 is 2.03 bits per heavy atom. The summed E-state index contributed by atoms with van der Waals surface area (Å²) in [5.74, 6) is -1.00. The standard InChI is InChI=1S/C24H22N2O4S/c1-15(2)30-18-8-3-6-16(12-18)22(27)20-21(17-7-4-10-25-13-17)26(24(29)23(20)28)14-19-9-5-11-31-19/h3-13,15,21,27H,14H2,1-2H3/b22-20-. The van der Waals surface area contributed by atoms with Crippen molar-refractivity contribution >= 4 is 28.8 Å². The Hall–Kier alpha value is -3.45. The van der Waals surface area contributed by atoms with Crippen LogP contribution in [0.3, 0.4) is 0 Å². The highest BCUT2D eigenvalue weighted by Gasteiger charge is 2.46. The van der Waals surface area contributed by atoms with Gasteiger partial charge in [0, 0.05) is 22.8 Å². The van der Waals surface area contributed by atoms with Gasteiger partial charge >= 0.3 is 0 Å². The van der Waals surface area contributed by atoms with E-state index in [1.165, 1.54) is 16.2 Å². The first-order valence-corrected chi connectivity index (χ1v) is 10.8. The number of pyridine rings is 1. The molecule has 158 valence electrons. The van der Waals surface area contributed by atoms with Gasteiger partial charge in [0.15, 0.2) is 0 Å². The monoisotopic (exact) mass is 434 g/mol. The maximum Gasteiger partial charge on any atom is 0.295 e. The summed E-state index contributed by atoms with van der Waals surface area (Å²) in [7, 11) is 0. The van der Waals surface area contributed by atoms with Crippen molar-refractivity contribution in [2.75, 3.05) is 0 Å². The molecule has 6 nitrogen and oxygen atoms in total. The fraction of sp³-hybridized carbons (Fsp3) is 0.208.